The molecule has 0 aliphatic rings. The van der Waals surface area contributed by atoms with Gasteiger partial charge < -0.3 is 9.52 Å². The van der Waals surface area contributed by atoms with Gasteiger partial charge in [0.15, 0.2) is 5.16 Å². The lowest BCUT2D eigenvalue weighted by Gasteiger charge is -2.13. The zero-order chi connectivity index (χ0) is 14.5. The van der Waals surface area contributed by atoms with Crippen molar-refractivity contribution in [3.8, 4) is 0 Å². The number of nitrogens with zero attached hydrogens (tertiary/aromatic N) is 2. The van der Waals surface area contributed by atoms with Crippen molar-refractivity contribution < 1.29 is 14.3 Å². The number of furan rings is 1. The molecule has 0 fully saturated rings. The molecule has 2 heterocycles. The first-order valence-corrected chi connectivity index (χ1v) is 7.10. The molecule has 2 rings (SSSR count). The standard InChI is InChI=1S/C12H15N3O4S/c1-8(4-5-9-3-2-6-19-9)15-11(18)13-14-12(15)20-7-10(16)17/h2-3,6,8H,4-5,7H2,1H3,(H,13,18)(H,16,17). The number of thioether (sulfide) groups is 1. The Morgan fingerprint density at radius 1 is 1.65 bits per heavy atom. The minimum Gasteiger partial charge on any atom is -0.481 e. The zero-order valence-corrected chi connectivity index (χ0v) is 11.7. The number of aromatic amines is 1. The van der Waals surface area contributed by atoms with Gasteiger partial charge in [-0.25, -0.2) is 9.89 Å². The highest BCUT2D eigenvalue weighted by Crippen LogP contribution is 2.20. The van der Waals surface area contributed by atoms with Gasteiger partial charge in [0.05, 0.1) is 12.0 Å². The average Bonchev–Trinajstić information content (AvgIpc) is 3.03. The van der Waals surface area contributed by atoms with Crippen LogP contribution in [0.1, 0.15) is 25.1 Å². The summed E-state index contributed by atoms with van der Waals surface area (Å²) >= 11 is 1.03. The Morgan fingerprint density at radius 3 is 3.10 bits per heavy atom. The van der Waals surface area contributed by atoms with Crippen LogP contribution in [0.25, 0.3) is 0 Å². The van der Waals surface area contributed by atoms with Crippen molar-refractivity contribution >= 4 is 17.7 Å². The van der Waals surface area contributed by atoms with Crippen LogP contribution in [0.3, 0.4) is 0 Å². The molecular formula is C12H15N3O4S. The van der Waals surface area contributed by atoms with E-state index in [0.717, 1.165) is 17.5 Å². The molecule has 0 saturated carbocycles. The predicted octanol–water partition coefficient (Wildman–Crippen LogP) is 1.53. The summed E-state index contributed by atoms with van der Waals surface area (Å²) in [5.74, 6) is -0.219. The lowest BCUT2D eigenvalue weighted by Crippen LogP contribution is -2.22. The number of nitrogens with one attached hydrogen (secondary N) is 1. The third-order valence-corrected chi connectivity index (χ3v) is 3.76. The third kappa shape index (κ3) is 3.53. The maximum Gasteiger partial charge on any atom is 0.344 e. The normalized spacial score (nSPS) is 12.4. The van der Waals surface area contributed by atoms with E-state index in [9.17, 15) is 9.59 Å². The Balaban J connectivity index is 2.04. The van der Waals surface area contributed by atoms with Gasteiger partial charge in [0, 0.05) is 12.5 Å². The first-order chi connectivity index (χ1) is 9.58. The third-order valence-electron chi connectivity index (χ3n) is 2.83. The molecule has 8 heteroatoms. The van der Waals surface area contributed by atoms with E-state index in [1.54, 1.807) is 6.26 Å². The fourth-order valence-corrected chi connectivity index (χ4v) is 2.61. The second kappa shape index (κ2) is 6.47. The van der Waals surface area contributed by atoms with Gasteiger partial charge in [0.25, 0.3) is 0 Å². The minimum atomic E-state index is -0.944. The SMILES string of the molecule is CC(CCc1ccco1)n1c(SCC(=O)O)n[nH]c1=O. The van der Waals surface area contributed by atoms with Crippen molar-refractivity contribution in [3.05, 3.63) is 34.6 Å². The average molecular weight is 297 g/mol. The summed E-state index contributed by atoms with van der Waals surface area (Å²) in [5, 5.41) is 15.3. The minimum absolute atomic E-state index is 0.0948. The van der Waals surface area contributed by atoms with Gasteiger partial charge in [-0.1, -0.05) is 11.8 Å². The van der Waals surface area contributed by atoms with Crippen LogP contribution in [0.5, 0.6) is 0 Å². The monoisotopic (exact) mass is 297 g/mol. The number of hydrogen-bond acceptors (Lipinski definition) is 5. The number of aryl methyl sites for hydroxylation is 1. The fourth-order valence-electron chi connectivity index (χ4n) is 1.84. The number of carbonyl (C=O) groups is 1. The van der Waals surface area contributed by atoms with Crippen molar-refractivity contribution in [3.63, 3.8) is 0 Å². The van der Waals surface area contributed by atoms with Crippen molar-refractivity contribution in [1.29, 1.82) is 0 Å². The van der Waals surface area contributed by atoms with E-state index in [4.69, 9.17) is 9.52 Å². The molecule has 2 aromatic heterocycles. The summed E-state index contributed by atoms with van der Waals surface area (Å²) in [6.07, 6.45) is 3.01. The lowest BCUT2D eigenvalue weighted by molar-refractivity contribution is -0.133. The van der Waals surface area contributed by atoms with Crippen molar-refractivity contribution in [2.24, 2.45) is 0 Å². The fraction of sp³-hybridized carbons (Fsp3) is 0.417. The highest BCUT2D eigenvalue weighted by atomic mass is 32.2. The van der Waals surface area contributed by atoms with E-state index in [-0.39, 0.29) is 17.5 Å². The topological polar surface area (TPSA) is 101 Å². The molecule has 2 N–H and O–H groups in total. The van der Waals surface area contributed by atoms with Crippen LogP contribution in [-0.4, -0.2) is 31.6 Å². The van der Waals surface area contributed by atoms with Crippen LogP contribution < -0.4 is 5.69 Å². The summed E-state index contributed by atoms with van der Waals surface area (Å²) in [6.45, 7) is 1.89. The van der Waals surface area contributed by atoms with Gasteiger partial charge in [0.1, 0.15) is 5.76 Å². The van der Waals surface area contributed by atoms with Crippen LogP contribution in [-0.2, 0) is 11.2 Å². The largest absolute Gasteiger partial charge is 0.481 e. The molecule has 1 atom stereocenters. The van der Waals surface area contributed by atoms with E-state index in [1.807, 2.05) is 19.1 Å². The van der Waals surface area contributed by atoms with Gasteiger partial charge in [-0.05, 0) is 25.5 Å². The molecule has 0 saturated heterocycles. The van der Waals surface area contributed by atoms with Crippen LogP contribution in [0, 0.1) is 0 Å². The summed E-state index contributed by atoms with van der Waals surface area (Å²) in [7, 11) is 0. The highest BCUT2D eigenvalue weighted by molar-refractivity contribution is 7.99. The van der Waals surface area contributed by atoms with E-state index in [0.29, 0.717) is 18.0 Å². The Labute approximate surface area is 119 Å². The molecule has 0 amide bonds. The van der Waals surface area contributed by atoms with E-state index >= 15 is 0 Å². The Hall–Kier alpha value is -1.96. The molecule has 1 unspecified atom stereocenters. The second-order valence-electron chi connectivity index (χ2n) is 4.33. The van der Waals surface area contributed by atoms with Crippen molar-refractivity contribution in [1.82, 2.24) is 14.8 Å². The predicted molar refractivity (Wildman–Crippen MR) is 72.9 cm³/mol. The van der Waals surface area contributed by atoms with E-state index in [2.05, 4.69) is 10.2 Å². The van der Waals surface area contributed by atoms with Crippen molar-refractivity contribution in [2.75, 3.05) is 5.75 Å². The first-order valence-electron chi connectivity index (χ1n) is 6.12. The molecule has 7 nitrogen and oxygen atoms in total. The maximum atomic E-state index is 11.7. The van der Waals surface area contributed by atoms with Gasteiger partial charge in [-0.15, -0.1) is 5.10 Å². The number of rotatable bonds is 7. The Kier molecular flexibility index (Phi) is 4.67. The number of hydrogen-bond donors (Lipinski definition) is 2. The Bertz CT molecular complexity index is 617. The molecule has 20 heavy (non-hydrogen) atoms. The smallest absolute Gasteiger partial charge is 0.344 e. The van der Waals surface area contributed by atoms with Gasteiger partial charge in [-0.2, -0.15) is 0 Å². The number of aromatic nitrogens is 3. The summed E-state index contributed by atoms with van der Waals surface area (Å²) in [4.78, 5) is 22.3. The quantitative estimate of drug-likeness (QED) is 0.752. The second-order valence-corrected chi connectivity index (χ2v) is 5.27. The van der Waals surface area contributed by atoms with Crippen LogP contribution in [0.4, 0.5) is 0 Å². The van der Waals surface area contributed by atoms with Gasteiger partial charge >= 0.3 is 11.7 Å². The molecule has 0 aromatic carbocycles. The first kappa shape index (κ1) is 14.4. The van der Waals surface area contributed by atoms with E-state index in [1.165, 1.54) is 4.57 Å². The van der Waals surface area contributed by atoms with Crippen LogP contribution in [0.15, 0.2) is 32.8 Å². The molecule has 0 radical (unpaired) electrons. The molecule has 0 aliphatic carbocycles. The molecule has 0 bridgehead atoms. The zero-order valence-electron chi connectivity index (χ0n) is 10.9. The highest BCUT2D eigenvalue weighted by Gasteiger charge is 2.16. The number of carboxylic acids is 1. The van der Waals surface area contributed by atoms with Crippen LogP contribution >= 0.6 is 11.8 Å². The summed E-state index contributed by atoms with van der Waals surface area (Å²) in [6, 6.07) is 3.60. The number of aliphatic carboxylic acids is 1. The molecule has 2 aromatic rings. The van der Waals surface area contributed by atoms with E-state index < -0.39 is 5.97 Å². The van der Waals surface area contributed by atoms with Gasteiger partial charge in [0.2, 0.25) is 0 Å². The summed E-state index contributed by atoms with van der Waals surface area (Å²) < 4.78 is 6.73. The molecule has 108 valence electrons. The molecular weight excluding hydrogens is 282 g/mol. The maximum absolute atomic E-state index is 11.7. The number of H-pyrrole nitrogens is 1. The Morgan fingerprint density at radius 2 is 2.45 bits per heavy atom. The summed E-state index contributed by atoms with van der Waals surface area (Å²) in [5.41, 5.74) is -0.329. The van der Waals surface area contributed by atoms with Crippen molar-refractivity contribution in [2.45, 2.75) is 31.0 Å². The molecule has 0 spiro atoms. The molecule has 0 aliphatic heterocycles. The van der Waals surface area contributed by atoms with Crippen LogP contribution in [0.2, 0.25) is 0 Å². The van der Waals surface area contributed by atoms with Gasteiger partial charge in [-0.3, -0.25) is 9.36 Å². The lowest BCUT2D eigenvalue weighted by atomic mass is 10.1. The number of carboxylic acid groups (broad SMARTS) is 1.